The fourth-order valence-electron chi connectivity index (χ4n) is 1.18. The Morgan fingerprint density at radius 3 is 3.12 bits per heavy atom. The minimum atomic E-state index is -0.169. The van der Waals surface area contributed by atoms with Gasteiger partial charge in [-0.25, -0.2) is 0 Å². The lowest BCUT2D eigenvalue weighted by Crippen LogP contribution is -2.25. The van der Waals surface area contributed by atoms with Crippen molar-refractivity contribution in [3.63, 3.8) is 0 Å². The highest BCUT2D eigenvalue weighted by Gasteiger charge is 2.06. The van der Waals surface area contributed by atoms with E-state index in [-0.39, 0.29) is 5.91 Å². The minimum absolute atomic E-state index is 0.169. The Kier molecular flexibility index (Phi) is 4.05. The Morgan fingerprint density at radius 2 is 2.47 bits per heavy atom. The maximum Gasteiger partial charge on any atom is 0.267 e. The maximum absolute atomic E-state index is 11.6. The van der Waals surface area contributed by atoms with Gasteiger partial charge in [0.1, 0.15) is 10.7 Å². The molecule has 0 aliphatic rings. The lowest BCUT2D eigenvalue weighted by atomic mass is 10.4. The number of carbonyl (C=O) groups is 1. The van der Waals surface area contributed by atoms with E-state index in [1.54, 1.807) is 18.5 Å². The Bertz CT molecular complexity index is 483. The molecule has 0 aromatic carbocycles. The van der Waals surface area contributed by atoms with Gasteiger partial charge >= 0.3 is 0 Å². The van der Waals surface area contributed by atoms with Crippen molar-refractivity contribution in [2.45, 2.75) is 5.03 Å². The van der Waals surface area contributed by atoms with E-state index in [1.807, 2.05) is 0 Å². The third-order valence-electron chi connectivity index (χ3n) is 1.92. The van der Waals surface area contributed by atoms with Crippen molar-refractivity contribution in [3.8, 4) is 0 Å². The number of nitrogens with zero attached hydrogens (tertiary/aromatic N) is 2. The van der Waals surface area contributed by atoms with E-state index in [0.29, 0.717) is 17.3 Å². The summed E-state index contributed by atoms with van der Waals surface area (Å²) in [6.07, 6.45) is 3.21. The molecule has 0 saturated heterocycles. The van der Waals surface area contributed by atoms with Gasteiger partial charge in [0.25, 0.3) is 5.91 Å². The molecule has 3 N–H and O–H groups in total. The van der Waals surface area contributed by atoms with Gasteiger partial charge in [0.15, 0.2) is 0 Å². The Morgan fingerprint density at radius 1 is 1.59 bits per heavy atom. The summed E-state index contributed by atoms with van der Waals surface area (Å²) in [5.74, 6) is 0.560. The van der Waals surface area contributed by atoms with E-state index < -0.39 is 0 Å². The SMILES string of the molecule is O=C(NCCSc1cn[nH]n1)c1cc(Cl)c[nH]1. The zero-order valence-corrected chi connectivity index (χ0v) is 10.3. The van der Waals surface area contributed by atoms with Crippen LogP contribution in [0.25, 0.3) is 0 Å². The van der Waals surface area contributed by atoms with Gasteiger partial charge < -0.3 is 10.3 Å². The summed E-state index contributed by atoms with van der Waals surface area (Å²) in [5.41, 5.74) is 0.460. The zero-order valence-electron chi connectivity index (χ0n) is 8.74. The first-order valence-corrected chi connectivity index (χ1v) is 6.23. The molecule has 0 aliphatic heterocycles. The summed E-state index contributed by atoms with van der Waals surface area (Å²) in [6, 6.07) is 1.58. The van der Waals surface area contributed by atoms with Crippen LogP contribution in [0.3, 0.4) is 0 Å². The second kappa shape index (κ2) is 5.74. The number of thioether (sulfide) groups is 1. The van der Waals surface area contributed by atoms with E-state index in [4.69, 9.17) is 11.6 Å². The fraction of sp³-hybridized carbons (Fsp3) is 0.222. The van der Waals surface area contributed by atoms with Crippen LogP contribution in [0.1, 0.15) is 10.5 Å². The molecule has 0 atom stereocenters. The summed E-state index contributed by atoms with van der Waals surface area (Å²) in [6.45, 7) is 0.549. The quantitative estimate of drug-likeness (QED) is 0.565. The first-order valence-electron chi connectivity index (χ1n) is 4.86. The van der Waals surface area contributed by atoms with E-state index >= 15 is 0 Å². The first kappa shape index (κ1) is 12.0. The molecule has 6 nitrogen and oxygen atoms in total. The predicted octanol–water partition coefficient (Wildman–Crippen LogP) is 1.31. The van der Waals surface area contributed by atoms with Gasteiger partial charge in [-0.2, -0.15) is 10.3 Å². The molecular formula is C9H10ClN5OS. The molecule has 8 heteroatoms. The molecule has 0 aliphatic carbocycles. The summed E-state index contributed by atoms with van der Waals surface area (Å²) in [5, 5.41) is 14.2. The molecule has 0 spiro atoms. The standard InChI is InChI=1S/C9H10ClN5OS/c10-6-3-7(12-4-6)9(16)11-1-2-17-8-5-13-15-14-8/h3-5,12H,1-2H2,(H,11,16)(H,13,14,15). The molecule has 2 heterocycles. The number of halogens is 1. The van der Waals surface area contributed by atoms with Crippen LogP contribution in [0.15, 0.2) is 23.5 Å². The molecule has 0 unspecified atom stereocenters. The van der Waals surface area contributed by atoms with Gasteiger partial charge in [-0.3, -0.25) is 4.79 Å². The number of amides is 1. The van der Waals surface area contributed by atoms with Gasteiger partial charge in [-0.15, -0.1) is 16.9 Å². The van der Waals surface area contributed by atoms with Crippen LogP contribution in [-0.4, -0.2) is 38.6 Å². The Hall–Kier alpha value is -1.47. The smallest absolute Gasteiger partial charge is 0.267 e. The molecule has 2 aromatic heterocycles. The number of carbonyl (C=O) groups excluding carboxylic acids is 1. The number of rotatable bonds is 5. The number of nitrogens with one attached hydrogen (secondary N) is 3. The lowest BCUT2D eigenvalue weighted by Gasteiger charge is -2.01. The second-order valence-electron chi connectivity index (χ2n) is 3.14. The van der Waals surface area contributed by atoms with Gasteiger partial charge in [0, 0.05) is 18.5 Å². The molecule has 2 aromatic rings. The van der Waals surface area contributed by atoms with Crippen LogP contribution >= 0.6 is 23.4 Å². The number of aromatic amines is 2. The van der Waals surface area contributed by atoms with Crippen molar-refractivity contribution in [2.75, 3.05) is 12.3 Å². The topological polar surface area (TPSA) is 86.5 Å². The molecule has 2 rings (SSSR count). The van der Waals surface area contributed by atoms with Crippen LogP contribution in [0, 0.1) is 0 Å². The average Bonchev–Trinajstić information content (AvgIpc) is 2.95. The third kappa shape index (κ3) is 3.50. The minimum Gasteiger partial charge on any atom is -0.356 e. The van der Waals surface area contributed by atoms with E-state index in [2.05, 4.69) is 25.7 Å². The van der Waals surface area contributed by atoms with Gasteiger partial charge in [0.2, 0.25) is 0 Å². The summed E-state index contributed by atoms with van der Waals surface area (Å²) in [4.78, 5) is 14.4. The van der Waals surface area contributed by atoms with Crippen LogP contribution in [0.5, 0.6) is 0 Å². The molecule has 0 radical (unpaired) electrons. The van der Waals surface area contributed by atoms with Crippen molar-refractivity contribution in [3.05, 3.63) is 29.2 Å². The molecular weight excluding hydrogens is 262 g/mol. The molecule has 17 heavy (non-hydrogen) atoms. The first-order chi connectivity index (χ1) is 8.25. The zero-order chi connectivity index (χ0) is 12.1. The monoisotopic (exact) mass is 271 g/mol. The van der Waals surface area contributed by atoms with Crippen LogP contribution in [-0.2, 0) is 0 Å². The Labute approximate surface area is 107 Å². The maximum atomic E-state index is 11.6. The number of hydrogen-bond acceptors (Lipinski definition) is 4. The number of aromatic nitrogens is 4. The molecule has 0 bridgehead atoms. The summed E-state index contributed by atoms with van der Waals surface area (Å²) < 4.78 is 0. The fourth-order valence-corrected chi connectivity index (χ4v) is 1.98. The highest BCUT2D eigenvalue weighted by atomic mass is 35.5. The van der Waals surface area contributed by atoms with Crippen LogP contribution in [0.4, 0.5) is 0 Å². The van der Waals surface area contributed by atoms with Gasteiger partial charge in [0.05, 0.1) is 11.2 Å². The van der Waals surface area contributed by atoms with Crippen molar-refractivity contribution in [1.29, 1.82) is 0 Å². The van der Waals surface area contributed by atoms with Gasteiger partial charge in [-0.1, -0.05) is 11.6 Å². The lowest BCUT2D eigenvalue weighted by molar-refractivity contribution is 0.0952. The number of H-pyrrole nitrogens is 2. The van der Waals surface area contributed by atoms with Crippen LogP contribution in [0.2, 0.25) is 5.02 Å². The molecule has 0 saturated carbocycles. The molecule has 90 valence electrons. The highest BCUT2D eigenvalue weighted by molar-refractivity contribution is 7.99. The van der Waals surface area contributed by atoms with E-state index in [1.165, 1.54) is 11.8 Å². The number of hydrogen-bond donors (Lipinski definition) is 3. The largest absolute Gasteiger partial charge is 0.356 e. The van der Waals surface area contributed by atoms with E-state index in [9.17, 15) is 4.79 Å². The second-order valence-corrected chi connectivity index (χ2v) is 4.70. The predicted molar refractivity (Wildman–Crippen MR) is 65.2 cm³/mol. The van der Waals surface area contributed by atoms with Crippen molar-refractivity contribution in [2.24, 2.45) is 0 Å². The summed E-state index contributed by atoms with van der Waals surface area (Å²) in [7, 11) is 0. The van der Waals surface area contributed by atoms with Gasteiger partial charge in [-0.05, 0) is 6.07 Å². The summed E-state index contributed by atoms with van der Waals surface area (Å²) >= 11 is 7.21. The normalized spacial score (nSPS) is 10.4. The van der Waals surface area contributed by atoms with Crippen LogP contribution < -0.4 is 5.32 Å². The van der Waals surface area contributed by atoms with Crippen molar-refractivity contribution < 1.29 is 4.79 Å². The van der Waals surface area contributed by atoms with Crippen molar-refractivity contribution >= 4 is 29.3 Å². The third-order valence-corrected chi connectivity index (χ3v) is 3.04. The Balaban J connectivity index is 1.70. The average molecular weight is 272 g/mol. The van der Waals surface area contributed by atoms with E-state index in [0.717, 1.165) is 10.8 Å². The highest BCUT2D eigenvalue weighted by Crippen LogP contribution is 2.11. The molecule has 1 amide bonds. The molecule has 0 fully saturated rings. The van der Waals surface area contributed by atoms with Crippen molar-refractivity contribution in [1.82, 2.24) is 25.7 Å².